The number of anilines is 1. The molecule has 0 saturated heterocycles. The summed E-state index contributed by atoms with van der Waals surface area (Å²) in [6.07, 6.45) is 1.26. The van der Waals surface area contributed by atoms with Crippen LogP contribution in [0.5, 0.6) is 0 Å². The molecule has 2 aromatic carbocycles. The van der Waals surface area contributed by atoms with Crippen LogP contribution in [0.15, 0.2) is 70.7 Å². The third kappa shape index (κ3) is 4.58. The number of rotatable bonds is 6. The van der Waals surface area contributed by atoms with E-state index in [1.807, 2.05) is 0 Å². The molecule has 0 spiro atoms. The van der Waals surface area contributed by atoms with E-state index in [1.54, 1.807) is 18.2 Å². The number of non-ortho nitro benzene ring substituents is 1. The van der Waals surface area contributed by atoms with Gasteiger partial charge in [-0.1, -0.05) is 0 Å². The van der Waals surface area contributed by atoms with Crippen molar-refractivity contribution in [3.8, 4) is 17.4 Å². The predicted octanol–water partition coefficient (Wildman–Crippen LogP) is 4.10. The number of nitro benzene ring substituents is 1. The highest BCUT2D eigenvalue weighted by Gasteiger charge is 2.13. The number of hydrogen-bond acceptors (Lipinski definition) is 6. The normalized spacial score (nSPS) is 10.8. The zero-order chi connectivity index (χ0) is 21.7. The third-order valence-corrected chi connectivity index (χ3v) is 4.03. The summed E-state index contributed by atoms with van der Waals surface area (Å²) in [5.41, 5.74) is 0.726. The van der Waals surface area contributed by atoms with Gasteiger partial charge in [-0.05, 0) is 48.5 Å². The van der Waals surface area contributed by atoms with Crippen LogP contribution in [-0.4, -0.2) is 21.9 Å². The van der Waals surface area contributed by atoms with Gasteiger partial charge in [0.1, 0.15) is 23.2 Å². The molecule has 9 nitrogen and oxygen atoms in total. The number of nitrogens with one attached hydrogen (secondary N) is 1. The summed E-state index contributed by atoms with van der Waals surface area (Å²) in [7, 11) is 0. The molecule has 9 heteroatoms. The van der Waals surface area contributed by atoms with E-state index >= 15 is 0 Å². The SMILES string of the molecule is N#CC(=Cc1ccc(-c2ccc([N+](=O)[O-])cc2)o1)C(=O)Nc1ccc(C(=O)O)cc1. The Balaban J connectivity index is 1.75. The van der Waals surface area contributed by atoms with Crippen LogP contribution in [0, 0.1) is 21.4 Å². The van der Waals surface area contributed by atoms with Crippen LogP contribution in [0.2, 0.25) is 0 Å². The molecule has 0 aliphatic rings. The Bertz CT molecular complexity index is 1180. The average Bonchev–Trinajstić information content (AvgIpc) is 3.21. The van der Waals surface area contributed by atoms with Gasteiger partial charge in [-0.3, -0.25) is 14.9 Å². The van der Waals surface area contributed by atoms with Crippen LogP contribution in [0.4, 0.5) is 11.4 Å². The number of hydrogen-bond donors (Lipinski definition) is 2. The zero-order valence-electron chi connectivity index (χ0n) is 15.2. The summed E-state index contributed by atoms with van der Waals surface area (Å²) in [4.78, 5) is 33.4. The Morgan fingerprint density at radius 1 is 1.07 bits per heavy atom. The van der Waals surface area contributed by atoms with E-state index in [1.165, 1.54) is 54.6 Å². The van der Waals surface area contributed by atoms with Crippen molar-refractivity contribution < 1.29 is 24.0 Å². The van der Waals surface area contributed by atoms with Gasteiger partial charge >= 0.3 is 5.97 Å². The lowest BCUT2D eigenvalue weighted by molar-refractivity contribution is -0.384. The minimum Gasteiger partial charge on any atom is -0.478 e. The fourth-order valence-electron chi connectivity index (χ4n) is 2.52. The largest absolute Gasteiger partial charge is 0.478 e. The summed E-state index contributed by atoms with van der Waals surface area (Å²) in [5.74, 6) is -1.12. The first-order valence-electron chi connectivity index (χ1n) is 8.48. The molecule has 1 aromatic heterocycles. The number of benzene rings is 2. The van der Waals surface area contributed by atoms with Crippen LogP contribution in [0.25, 0.3) is 17.4 Å². The lowest BCUT2D eigenvalue weighted by atomic mass is 10.1. The van der Waals surface area contributed by atoms with Crippen molar-refractivity contribution in [1.29, 1.82) is 5.26 Å². The smallest absolute Gasteiger partial charge is 0.335 e. The molecule has 0 unspecified atom stereocenters. The van der Waals surface area contributed by atoms with Crippen molar-refractivity contribution in [1.82, 2.24) is 0 Å². The van der Waals surface area contributed by atoms with Crippen LogP contribution >= 0.6 is 0 Å². The van der Waals surface area contributed by atoms with Crippen molar-refractivity contribution in [2.75, 3.05) is 5.32 Å². The lowest BCUT2D eigenvalue weighted by Gasteiger charge is -2.04. The van der Waals surface area contributed by atoms with Crippen molar-refractivity contribution in [2.24, 2.45) is 0 Å². The van der Waals surface area contributed by atoms with E-state index in [-0.39, 0.29) is 22.6 Å². The van der Waals surface area contributed by atoms with Gasteiger partial charge < -0.3 is 14.8 Å². The zero-order valence-corrected chi connectivity index (χ0v) is 15.2. The van der Waals surface area contributed by atoms with E-state index in [2.05, 4.69) is 5.32 Å². The van der Waals surface area contributed by atoms with E-state index in [0.29, 0.717) is 17.0 Å². The monoisotopic (exact) mass is 403 g/mol. The molecule has 148 valence electrons. The van der Waals surface area contributed by atoms with Gasteiger partial charge in [-0.15, -0.1) is 0 Å². The lowest BCUT2D eigenvalue weighted by Crippen LogP contribution is -2.13. The molecule has 3 aromatic rings. The third-order valence-electron chi connectivity index (χ3n) is 4.03. The van der Waals surface area contributed by atoms with Gasteiger partial charge in [0, 0.05) is 29.5 Å². The van der Waals surface area contributed by atoms with Crippen molar-refractivity contribution in [2.45, 2.75) is 0 Å². The highest BCUT2D eigenvalue weighted by Crippen LogP contribution is 2.25. The molecule has 3 rings (SSSR count). The molecule has 2 N–H and O–H groups in total. The van der Waals surface area contributed by atoms with Crippen LogP contribution in [-0.2, 0) is 4.79 Å². The van der Waals surface area contributed by atoms with Crippen molar-refractivity contribution in [3.63, 3.8) is 0 Å². The molecule has 0 radical (unpaired) electrons. The topological polar surface area (TPSA) is 146 Å². The van der Waals surface area contributed by atoms with E-state index in [0.717, 1.165) is 0 Å². The number of aromatic carboxylic acids is 1. The second-order valence-electron chi connectivity index (χ2n) is 6.01. The Kier molecular flexibility index (Phi) is 5.70. The fraction of sp³-hybridized carbons (Fsp3) is 0. The molecule has 30 heavy (non-hydrogen) atoms. The number of carboxylic acid groups (broad SMARTS) is 1. The first-order valence-corrected chi connectivity index (χ1v) is 8.48. The molecule has 1 heterocycles. The van der Waals surface area contributed by atoms with Crippen molar-refractivity contribution in [3.05, 3.63) is 87.7 Å². The minimum atomic E-state index is -1.09. The van der Waals surface area contributed by atoms with Gasteiger partial charge in [0.2, 0.25) is 0 Å². The molecule has 0 aliphatic heterocycles. The highest BCUT2D eigenvalue weighted by atomic mass is 16.6. The summed E-state index contributed by atoms with van der Waals surface area (Å²) in [5, 5.41) is 31.4. The summed E-state index contributed by atoms with van der Waals surface area (Å²) >= 11 is 0. The van der Waals surface area contributed by atoms with Gasteiger partial charge in [0.15, 0.2) is 0 Å². The van der Waals surface area contributed by atoms with Gasteiger partial charge in [0.05, 0.1) is 10.5 Å². The molecular formula is C21H13N3O6. The number of nitriles is 1. The van der Waals surface area contributed by atoms with E-state index < -0.39 is 16.8 Å². The molecule has 0 bridgehead atoms. The second-order valence-corrected chi connectivity index (χ2v) is 6.01. The number of nitrogens with zero attached hydrogens (tertiary/aromatic N) is 2. The number of amides is 1. The first kappa shape index (κ1) is 20.0. The minimum absolute atomic E-state index is 0.0507. The van der Waals surface area contributed by atoms with Crippen molar-refractivity contribution >= 4 is 29.3 Å². The Labute approximate surface area is 169 Å². The Morgan fingerprint density at radius 2 is 1.73 bits per heavy atom. The summed E-state index contributed by atoms with van der Waals surface area (Å²) in [6, 6.07) is 16.2. The van der Waals surface area contributed by atoms with Gasteiger partial charge in [-0.25, -0.2) is 4.79 Å². The number of carbonyl (C=O) groups is 2. The maximum atomic E-state index is 12.3. The Morgan fingerprint density at radius 3 is 2.30 bits per heavy atom. The van der Waals surface area contributed by atoms with Gasteiger partial charge in [-0.2, -0.15) is 5.26 Å². The fourth-order valence-corrected chi connectivity index (χ4v) is 2.52. The highest BCUT2D eigenvalue weighted by molar-refractivity contribution is 6.09. The van der Waals surface area contributed by atoms with E-state index in [9.17, 15) is 25.0 Å². The van der Waals surface area contributed by atoms with Crippen LogP contribution < -0.4 is 5.32 Å². The number of nitro groups is 1. The Hall–Kier alpha value is -4.71. The summed E-state index contributed by atoms with van der Waals surface area (Å²) < 4.78 is 5.60. The molecule has 0 saturated carbocycles. The van der Waals surface area contributed by atoms with E-state index in [4.69, 9.17) is 9.52 Å². The van der Waals surface area contributed by atoms with Crippen LogP contribution in [0.3, 0.4) is 0 Å². The number of carbonyl (C=O) groups excluding carboxylic acids is 1. The first-order chi connectivity index (χ1) is 14.4. The maximum absolute atomic E-state index is 12.3. The number of furan rings is 1. The number of carboxylic acids is 1. The quantitative estimate of drug-likeness (QED) is 0.272. The summed E-state index contributed by atoms with van der Waals surface area (Å²) in [6.45, 7) is 0. The second kappa shape index (κ2) is 8.53. The molecule has 1 amide bonds. The predicted molar refractivity (Wildman–Crippen MR) is 106 cm³/mol. The molecular weight excluding hydrogens is 390 g/mol. The maximum Gasteiger partial charge on any atom is 0.335 e. The standard InChI is InChI=1S/C21H13N3O6/c22-12-15(20(25)23-16-5-1-14(2-6-16)21(26)27)11-18-9-10-19(30-18)13-3-7-17(8-4-13)24(28)29/h1-11H,(H,23,25)(H,26,27). The van der Waals surface area contributed by atoms with Crippen LogP contribution in [0.1, 0.15) is 16.1 Å². The van der Waals surface area contributed by atoms with Gasteiger partial charge in [0.25, 0.3) is 11.6 Å². The molecule has 0 aliphatic carbocycles. The molecule has 0 fully saturated rings. The average molecular weight is 403 g/mol. The molecule has 0 atom stereocenters.